The molecule has 2 rings (SSSR count). The Morgan fingerprint density at radius 2 is 2.00 bits per heavy atom. The minimum atomic E-state index is -0.971. The number of benzene rings is 1. The molecule has 0 aliphatic carbocycles. The number of anilines is 1. The summed E-state index contributed by atoms with van der Waals surface area (Å²) in [6, 6.07) is 6.29. The summed E-state index contributed by atoms with van der Waals surface area (Å²) in [5, 5.41) is 8.83. The summed E-state index contributed by atoms with van der Waals surface area (Å²) in [4.78, 5) is 24.6. The van der Waals surface area contributed by atoms with E-state index in [0.29, 0.717) is 12.3 Å². The number of aromatic carboxylic acids is 1. The third-order valence-electron chi connectivity index (χ3n) is 3.34. The first-order valence-corrected chi connectivity index (χ1v) is 6.28. The highest BCUT2D eigenvalue weighted by Gasteiger charge is 2.25. The molecule has 1 N–H and O–H groups in total. The number of hydrogen-bond donors (Lipinski definition) is 1. The van der Waals surface area contributed by atoms with Gasteiger partial charge in [0, 0.05) is 19.3 Å². The van der Waals surface area contributed by atoms with E-state index in [-0.39, 0.29) is 17.4 Å². The van der Waals surface area contributed by atoms with Crippen LogP contribution in [0.25, 0.3) is 0 Å². The van der Waals surface area contributed by atoms with Crippen LogP contribution in [-0.4, -0.2) is 37.2 Å². The highest BCUT2D eigenvalue weighted by Crippen LogP contribution is 2.20. The minimum absolute atomic E-state index is 0.0165. The second kappa shape index (κ2) is 5.84. The Hall–Kier alpha value is -1.88. The van der Waals surface area contributed by atoms with Gasteiger partial charge in [0.15, 0.2) is 0 Å². The van der Waals surface area contributed by atoms with E-state index in [2.05, 4.69) is 0 Å². The van der Waals surface area contributed by atoms with Crippen LogP contribution in [0.2, 0.25) is 0 Å². The lowest BCUT2D eigenvalue weighted by Crippen LogP contribution is -2.37. The lowest BCUT2D eigenvalue weighted by molar-refractivity contribution is -0.125. The van der Waals surface area contributed by atoms with Crippen LogP contribution in [0.5, 0.6) is 0 Å². The van der Waals surface area contributed by atoms with E-state index < -0.39 is 5.97 Å². The van der Waals surface area contributed by atoms with Crippen LogP contribution >= 0.6 is 0 Å². The first-order chi connectivity index (χ1) is 9.09. The first kappa shape index (κ1) is 13.5. The number of carboxylic acid groups (broad SMARTS) is 1. The van der Waals surface area contributed by atoms with Gasteiger partial charge in [0.25, 0.3) is 0 Å². The van der Waals surface area contributed by atoms with Crippen LogP contribution in [0, 0.1) is 5.92 Å². The highest BCUT2D eigenvalue weighted by atomic mass is 16.5. The number of ether oxygens (including phenoxy) is 1. The molecule has 0 saturated carbocycles. The van der Waals surface area contributed by atoms with Crippen LogP contribution in [0.1, 0.15) is 23.2 Å². The summed E-state index contributed by atoms with van der Waals surface area (Å²) in [6.07, 6.45) is 1.75. The van der Waals surface area contributed by atoms with Crippen molar-refractivity contribution in [2.24, 2.45) is 5.92 Å². The van der Waals surface area contributed by atoms with Crippen molar-refractivity contribution in [1.82, 2.24) is 0 Å². The van der Waals surface area contributed by atoms with Crippen LogP contribution in [-0.2, 0) is 9.53 Å². The summed E-state index contributed by atoms with van der Waals surface area (Å²) in [7, 11) is 1.70. The molecule has 102 valence electrons. The van der Waals surface area contributed by atoms with Gasteiger partial charge in [0.05, 0.1) is 18.1 Å². The van der Waals surface area contributed by atoms with Crippen molar-refractivity contribution in [2.75, 3.05) is 25.2 Å². The summed E-state index contributed by atoms with van der Waals surface area (Å²) in [5.74, 6) is -1.05. The van der Waals surface area contributed by atoms with Crippen LogP contribution in [0.15, 0.2) is 24.3 Å². The van der Waals surface area contributed by atoms with Crippen molar-refractivity contribution < 1.29 is 19.4 Å². The summed E-state index contributed by atoms with van der Waals surface area (Å²) in [5.41, 5.74) is 0.908. The van der Waals surface area contributed by atoms with E-state index in [1.165, 1.54) is 12.1 Å². The largest absolute Gasteiger partial charge is 0.478 e. The summed E-state index contributed by atoms with van der Waals surface area (Å²) in [6.45, 7) is 1.19. The van der Waals surface area contributed by atoms with Crippen molar-refractivity contribution in [3.05, 3.63) is 29.8 Å². The van der Waals surface area contributed by atoms with E-state index in [0.717, 1.165) is 19.4 Å². The number of carbonyl (C=O) groups excluding carboxylic acids is 1. The summed E-state index contributed by atoms with van der Waals surface area (Å²) >= 11 is 0. The average Bonchev–Trinajstić information content (AvgIpc) is 2.46. The quantitative estimate of drug-likeness (QED) is 0.902. The molecule has 0 spiro atoms. The maximum absolute atomic E-state index is 12.2. The van der Waals surface area contributed by atoms with Gasteiger partial charge in [-0.25, -0.2) is 4.79 Å². The Balaban J connectivity index is 2.07. The van der Waals surface area contributed by atoms with Crippen molar-refractivity contribution in [2.45, 2.75) is 12.8 Å². The zero-order valence-electron chi connectivity index (χ0n) is 10.8. The van der Waals surface area contributed by atoms with E-state index >= 15 is 0 Å². The maximum atomic E-state index is 12.2. The van der Waals surface area contributed by atoms with Gasteiger partial charge >= 0.3 is 5.97 Å². The molecule has 1 saturated heterocycles. The number of hydrogen-bond acceptors (Lipinski definition) is 3. The second-order valence-electron chi connectivity index (χ2n) is 4.66. The molecular formula is C14H17NO4. The van der Waals surface area contributed by atoms with E-state index in [1.807, 2.05) is 0 Å². The van der Waals surface area contributed by atoms with E-state index in [1.54, 1.807) is 24.1 Å². The topological polar surface area (TPSA) is 66.8 Å². The van der Waals surface area contributed by atoms with Crippen molar-refractivity contribution in [1.29, 1.82) is 0 Å². The molecule has 0 aromatic heterocycles. The Morgan fingerprint density at radius 3 is 2.53 bits per heavy atom. The van der Waals surface area contributed by atoms with Crippen molar-refractivity contribution in [3.8, 4) is 0 Å². The first-order valence-electron chi connectivity index (χ1n) is 6.28. The van der Waals surface area contributed by atoms with Crippen molar-refractivity contribution >= 4 is 17.6 Å². The van der Waals surface area contributed by atoms with Gasteiger partial charge < -0.3 is 14.7 Å². The molecule has 1 fully saturated rings. The van der Waals surface area contributed by atoms with Crippen molar-refractivity contribution in [3.63, 3.8) is 0 Å². The van der Waals surface area contributed by atoms with E-state index in [9.17, 15) is 9.59 Å². The second-order valence-corrected chi connectivity index (χ2v) is 4.66. The minimum Gasteiger partial charge on any atom is -0.478 e. The molecule has 1 aromatic rings. The van der Waals surface area contributed by atoms with Crippen LogP contribution < -0.4 is 4.90 Å². The number of carbonyl (C=O) groups is 2. The molecule has 1 heterocycles. The number of carboxylic acids is 1. The highest BCUT2D eigenvalue weighted by molar-refractivity contribution is 5.95. The zero-order valence-corrected chi connectivity index (χ0v) is 10.8. The van der Waals surface area contributed by atoms with Gasteiger partial charge in [-0.1, -0.05) is 0 Å². The lowest BCUT2D eigenvalue weighted by Gasteiger charge is -2.26. The zero-order chi connectivity index (χ0) is 13.8. The molecule has 19 heavy (non-hydrogen) atoms. The number of amides is 1. The fourth-order valence-electron chi connectivity index (χ4n) is 2.16. The molecule has 0 radical (unpaired) electrons. The SMILES string of the molecule is CN(C(=O)C1CCCOC1)c1ccc(C(=O)O)cc1. The normalized spacial score (nSPS) is 18.9. The number of nitrogens with zero attached hydrogens (tertiary/aromatic N) is 1. The molecule has 0 bridgehead atoms. The molecule has 1 unspecified atom stereocenters. The predicted octanol–water partition coefficient (Wildman–Crippen LogP) is 1.77. The standard InChI is InChI=1S/C14H17NO4/c1-15(13(16)11-3-2-8-19-9-11)12-6-4-10(5-7-12)14(17)18/h4-7,11H,2-3,8-9H2,1H3,(H,17,18). The van der Waals surface area contributed by atoms with Gasteiger partial charge in [0.2, 0.25) is 5.91 Å². The molecule has 5 heteroatoms. The van der Waals surface area contributed by atoms with Gasteiger partial charge in [0.1, 0.15) is 0 Å². The molecule has 1 aliphatic rings. The monoisotopic (exact) mass is 263 g/mol. The molecule has 1 aromatic carbocycles. The lowest BCUT2D eigenvalue weighted by atomic mass is 10.0. The predicted molar refractivity (Wildman–Crippen MR) is 70.4 cm³/mol. The Kier molecular flexibility index (Phi) is 4.16. The maximum Gasteiger partial charge on any atom is 0.335 e. The Labute approximate surface area is 111 Å². The molecule has 5 nitrogen and oxygen atoms in total. The summed E-state index contributed by atoms with van der Waals surface area (Å²) < 4.78 is 5.31. The smallest absolute Gasteiger partial charge is 0.335 e. The molecular weight excluding hydrogens is 246 g/mol. The van der Waals surface area contributed by atoms with E-state index in [4.69, 9.17) is 9.84 Å². The third-order valence-corrected chi connectivity index (χ3v) is 3.34. The van der Waals surface area contributed by atoms with Gasteiger partial charge in [-0.2, -0.15) is 0 Å². The Bertz CT molecular complexity index is 463. The Morgan fingerprint density at radius 1 is 1.32 bits per heavy atom. The van der Waals surface area contributed by atoms with Gasteiger partial charge in [-0.3, -0.25) is 4.79 Å². The number of rotatable bonds is 3. The molecule has 1 atom stereocenters. The fourth-order valence-corrected chi connectivity index (χ4v) is 2.16. The fraction of sp³-hybridized carbons (Fsp3) is 0.429. The van der Waals surface area contributed by atoms with Gasteiger partial charge in [-0.05, 0) is 37.1 Å². The van der Waals surface area contributed by atoms with Crippen LogP contribution in [0.4, 0.5) is 5.69 Å². The molecule has 1 aliphatic heterocycles. The van der Waals surface area contributed by atoms with Crippen LogP contribution in [0.3, 0.4) is 0 Å². The average molecular weight is 263 g/mol. The molecule has 1 amide bonds. The third kappa shape index (κ3) is 3.12. The van der Waals surface area contributed by atoms with Gasteiger partial charge in [-0.15, -0.1) is 0 Å².